The number of nitrogens with one attached hydrogen (secondary N) is 2. The molecule has 7 nitrogen and oxygen atoms in total. The number of aryl methyl sites for hydroxylation is 1. The summed E-state index contributed by atoms with van der Waals surface area (Å²) < 4.78 is 5.28. The quantitative estimate of drug-likeness (QED) is 0.847. The van der Waals surface area contributed by atoms with Crippen LogP contribution in [0.25, 0.3) is 0 Å². The largest absolute Gasteiger partial charge is 0.495 e. The Morgan fingerprint density at radius 2 is 1.96 bits per heavy atom. The van der Waals surface area contributed by atoms with Crippen molar-refractivity contribution in [3.8, 4) is 5.75 Å². The van der Waals surface area contributed by atoms with Crippen LogP contribution in [0.2, 0.25) is 0 Å². The van der Waals surface area contributed by atoms with Gasteiger partial charge in [0.25, 0.3) is 0 Å². The second kappa shape index (κ2) is 8.73. The van der Waals surface area contributed by atoms with E-state index in [1.807, 2.05) is 43.5 Å². The molecule has 144 valence electrons. The van der Waals surface area contributed by atoms with E-state index in [2.05, 4.69) is 32.5 Å². The van der Waals surface area contributed by atoms with Gasteiger partial charge in [-0.2, -0.15) is 0 Å². The Bertz CT molecular complexity index is 770. The first-order chi connectivity index (χ1) is 13.0. The zero-order valence-corrected chi connectivity index (χ0v) is 16.2. The summed E-state index contributed by atoms with van der Waals surface area (Å²) in [5.74, 6) is 1.62. The van der Waals surface area contributed by atoms with Crippen molar-refractivity contribution in [2.45, 2.75) is 13.5 Å². The summed E-state index contributed by atoms with van der Waals surface area (Å²) in [6, 6.07) is 9.41. The molecular formula is C20H27N5O2. The van der Waals surface area contributed by atoms with E-state index in [-0.39, 0.29) is 6.03 Å². The first-order valence-electron chi connectivity index (χ1n) is 9.13. The summed E-state index contributed by atoms with van der Waals surface area (Å²) in [4.78, 5) is 21.3. The summed E-state index contributed by atoms with van der Waals surface area (Å²) in [5.41, 5.74) is 2.66. The fourth-order valence-electron chi connectivity index (χ4n) is 3.01. The Kier molecular flexibility index (Phi) is 6.13. The van der Waals surface area contributed by atoms with Gasteiger partial charge in [0, 0.05) is 38.9 Å². The molecule has 0 radical (unpaired) electrons. The first-order valence-corrected chi connectivity index (χ1v) is 9.13. The number of urea groups is 1. The molecule has 2 aromatic rings. The highest BCUT2D eigenvalue weighted by molar-refractivity contribution is 5.91. The minimum Gasteiger partial charge on any atom is -0.495 e. The molecule has 0 saturated carbocycles. The van der Waals surface area contributed by atoms with Gasteiger partial charge in [-0.25, -0.2) is 9.78 Å². The average molecular weight is 369 g/mol. The average Bonchev–Trinajstić information content (AvgIpc) is 2.68. The molecule has 7 heteroatoms. The lowest BCUT2D eigenvalue weighted by Crippen LogP contribution is -2.44. The fraction of sp³-hybridized carbons (Fsp3) is 0.400. The van der Waals surface area contributed by atoms with Gasteiger partial charge >= 0.3 is 6.03 Å². The summed E-state index contributed by atoms with van der Waals surface area (Å²) >= 11 is 0. The van der Waals surface area contributed by atoms with Gasteiger partial charge in [0.1, 0.15) is 11.6 Å². The van der Waals surface area contributed by atoms with Gasteiger partial charge in [0.05, 0.1) is 12.8 Å². The smallest absolute Gasteiger partial charge is 0.319 e. The van der Waals surface area contributed by atoms with Crippen molar-refractivity contribution >= 4 is 17.5 Å². The summed E-state index contributed by atoms with van der Waals surface area (Å²) in [6.07, 6.45) is 1.82. The number of ether oxygens (including phenoxy) is 1. The molecule has 27 heavy (non-hydrogen) atoms. The molecule has 1 saturated heterocycles. The third-order valence-electron chi connectivity index (χ3n) is 4.69. The predicted octanol–water partition coefficient (Wildman–Crippen LogP) is 2.47. The van der Waals surface area contributed by atoms with E-state index in [9.17, 15) is 4.79 Å². The first kappa shape index (κ1) is 19.0. The number of benzene rings is 1. The van der Waals surface area contributed by atoms with Crippen LogP contribution < -0.4 is 20.3 Å². The lowest BCUT2D eigenvalue weighted by molar-refractivity contribution is 0.251. The number of piperazine rings is 1. The van der Waals surface area contributed by atoms with Crippen LogP contribution in [0.1, 0.15) is 11.1 Å². The molecule has 2 amide bonds. The minimum absolute atomic E-state index is 0.276. The Labute approximate surface area is 160 Å². The number of amides is 2. The lowest BCUT2D eigenvalue weighted by Gasteiger charge is -2.33. The van der Waals surface area contributed by atoms with Gasteiger partial charge in [0.15, 0.2) is 0 Å². The normalized spacial score (nSPS) is 14.7. The van der Waals surface area contributed by atoms with E-state index in [4.69, 9.17) is 4.74 Å². The number of rotatable bonds is 5. The molecule has 3 rings (SSSR count). The van der Waals surface area contributed by atoms with E-state index in [1.165, 1.54) is 0 Å². The highest BCUT2D eigenvalue weighted by atomic mass is 16.5. The van der Waals surface area contributed by atoms with Gasteiger partial charge in [-0.05, 0) is 43.3 Å². The van der Waals surface area contributed by atoms with Crippen molar-refractivity contribution in [1.29, 1.82) is 0 Å². The third kappa shape index (κ3) is 5.10. The van der Waals surface area contributed by atoms with Gasteiger partial charge in [0.2, 0.25) is 0 Å². The van der Waals surface area contributed by atoms with Crippen LogP contribution in [0.15, 0.2) is 36.5 Å². The van der Waals surface area contributed by atoms with Crippen LogP contribution in [0.3, 0.4) is 0 Å². The number of carbonyl (C=O) groups is 1. The molecule has 0 bridgehead atoms. The Morgan fingerprint density at radius 3 is 2.63 bits per heavy atom. The van der Waals surface area contributed by atoms with E-state index >= 15 is 0 Å². The number of anilines is 2. The number of pyridine rings is 1. The van der Waals surface area contributed by atoms with Crippen LogP contribution in [0.5, 0.6) is 5.75 Å². The molecule has 0 aliphatic carbocycles. The molecule has 2 heterocycles. The molecule has 1 aromatic carbocycles. The molecule has 1 aliphatic rings. The van der Waals surface area contributed by atoms with Crippen molar-refractivity contribution in [2.75, 3.05) is 50.6 Å². The van der Waals surface area contributed by atoms with E-state index in [0.717, 1.165) is 43.1 Å². The van der Waals surface area contributed by atoms with Gasteiger partial charge < -0.3 is 25.2 Å². The standard InChI is InChI=1S/C20H27N5O2/c1-15-4-6-18(27-3)17(12-15)23-20(26)22-14-16-5-7-19(21-13-16)25-10-8-24(2)9-11-25/h4-7,12-13H,8-11,14H2,1-3H3,(H2,22,23,26). The minimum atomic E-state index is -0.276. The SMILES string of the molecule is COc1ccc(C)cc1NC(=O)NCc1ccc(N2CCN(C)CC2)nc1. The van der Waals surface area contributed by atoms with Crippen molar-refractivity contribution in [3.63, 3.8) is 0 Å². The number of likely N-dealkylation sites (N-methyl/N-ethyl adjacent to an activating group) is 1. The van der Waals surface area contributed by atoms with Gasteiger partial charge in [-0.3, -0.25) is 0 Å². The monoisotopic (exact) mass is 369 g/mol. The number of hydrogen-bond donors (Lipinski definition) is 2. The molecule has 2 N–H and O–H groups in total. The molecule has 1 aromatic heterocycles. The van der Waals surface area contributed by atoms with E-state index in [1.54, 1.807) is 7.11 Å². The van der Waals surface area contributed by atoms with Crippen molar-refractivity contribution in [2.24, 2.45) is 0 Å². The van der Waals surface area contributed by atoms with Crippen molar-refractivity contribution in [1.82, 2.24) is 15.2 Å². The number of carbonyl (C=O) groups excluding carboxylic acids is 1. The molecule has 0 unspecified atom stereocenters. The van der Waals surface area contributed by atoms with Gasteiger partial charge in [-0.15, -0.1) is 0 Å². The van der Waals surface area contributed by atoms with Crippen molar-refractivity contribution < 1.29 is 9.53 Å². The second-order valence-electron chi connectivity index (χ2n) is 6.83. The van der Waals surface area contributed by atoms with Crippen LogP contribution in [-0.4, -0.2) is 56.3 Å². The molecule has 1 aliphatic heterocycles. The topological polar surface area (TPSA) is 69.7 Å². The van der Waals surface area contributed by atoms with Crippen LogP contribution in [-0.2, 0) is 6.54 Å². The highest BCUT2D eigenvalue weighted by Crippen LogP contribution is 2.25. The molecule has 0 spiro atoms. The Balaban J connectivity index is 1.52. The van der Waals surface area contributed by atoms with Crippen LogP contribution in [0.4, 0.5) is 16.3 Å². The van der Waals surface area contributed by atoms with Crippen LogP contribution in [0, 0.1) is 6.92 Å². The number of hydrogen-bond acceptors (Lipinski definition) is 5. The lowest BCUT2D eigenvalue weighted by atomic mass is 10.2. The molecule has 1 fully saturated rings. The molecular weight excluding hydrogens is 342 g/mol. The number of aromatic nitrogens is 1. The maximum absolute atomic E-state index is 12.2. The van der Waals surface area contributed by atoms with Gasteiger partial charge in [-0.1, -0.05) is 12.1 Å². The number of nitrogens with zero attached hydrogens (tertiary/aromatic N) is 3. The molecule has 0 atom stereocenters. The van der Waals surface area contributed by atoms with E-state index in [0.29, 0.717) is 18.0 Å². The second-order valence-corrected chi connectivity index (χ2v) is 6.83. The van der Waals surface area contributed by atoms with Crippen molar-refractivity contribution in [3.05, 3.63) is 47.7 Å². The maximum atomic E-state index is 12.2. The maximum Gasteiger partial charge on any atom is 0.319 e. The summed E-state index contributed by atoms with van der Waals surface area (Å²) in [6.45, 7) is 6.46. The summed E-state index contributed by atoms with van der Waals surface area (Å²) in [5, 5.41) is 5.69. The highest BCUT2D eigenvalue weighted by Gasteiger charge is 2.15. The third-order valence-corrected chi connectivity index (χ3v) is 4.69. The van der Waals surface area contributed by atoms with Crippen LogP contribution >= 0.6 is 0 Å². The number of methoxy groups -OCH3 is 1. The fourth-order valence-corrected chi connectivity index (χ4v) is 3.01. The predicted molar refractivity (Wildman–Crippen MR) is 108 cm³/mol. The zero-order chi connectivity index (χ0) is 19.2. The summed E-state index contributed by atoms with van der Waals surface area (Å²) in [7, 11) is 3.72. The Morgan fingerprint density at radius 1 is 1.19 bits per heavy atom. The zero-order valence-electron chi connectivity index (χ0n) is 16.2. The van der Waals surface area contributed by atoms with E-state index < -0.39 is 0 Å². The Hall–Kier alpha value is -2.80.